The number of amides is 10. The minimum atomic E-state index is -1.77. The number of carbonyl (C=O) groups excluding carboxylic acids is 8. The van der Waals surface area contributed by atoms with Crippen LogP contribution >= 0.6 is 0 Å². The van der Waals surface area contributed by atoms with Crippen LogP contribution in [0.25, 0.3) is 0 Å². The number of carbonyl (C=O) groups is 8. The van der Waals surface area contributed by atoms with E-state index in [9.17, 15) is 47.1 Å². The zero-order valence-electron chi connectivity index (χ0n) is 38.8. The standard InChI is InChI=1S/C25H24F2N4O5.C25H25FN4O5/c1-12-11-31-19-16(9-25(20(31)13(2)36-12)22(33)29-24(35)30-23(25)34)7-15(8-18(19)27)21(32)28-10-14-3-5-17(26)6-4-14;1-13-12-30-19-8-5-16(21(31)27-11-15-3-6-18(26)7-4-15)9-17(19)10-25(20(30)14(2)35-13)22(32)28-24(34)29-23(25)33/h3-8,12-13,20H,9-11H2,1-2H3,(H,28,32)(H2,29,30,33,34,35);3-9,13-14,20H,10-12H2,1-2H3,(H,27,31)(H2,28,29,32,33,34)/t12-,13+,20-;13-,14+,20-/m11/s1. The van der Waals surface area contributed by atoms with Crippen molar-refractivity contribution in [3.8, 4) is 0 Å². The Hall–Kier alpha value is -7.65. The molecule has 6 aliphatic heterocycles. The Morgan fingerprint density at radius 2 is 1.00 bits per heavy atom. The van der Waals surface area contributed by atoms with Gasteiger partial charge in [-0.05, 0) is 111 Å². The molecule has 0 aromatic heterocycles. The molecule has 6 N–H and O–H groups in total. The van der Waals surface area contributed by atoms with E-state index in [0.717, 1.165) is 17.3 Å². The molecule has 370 valence electrons. The number of barbiturate groups is 2. The summed E-state index contributed by atoms with van der Waals surface area (Å²) in [4.78, 5) is 106. The summed E-state index contributed by atoms with van der Waals surface area (Å²) in [5.74, 6) is -5.30. The first-order valence-corrected chi connectivity index (χ1v) is 23.0. The largest absolute Gasteiger partial charge is 0.372 e. The first-order valence-electron chi connectivity index (χ1n) is 23.0. The summed E-state index contributed by atoms with van der Waals surface area (Å²) >= 11 is 0. The molecule has 4 saturated heterocycles. The van der Waals surface area contributed by atoms with Crippen molar-refractivity contribution in [3.63, 3.8) is 0 Å². The summed E-state index contributed by atoms with van der Waals surface area (Å²) < 4.78 is 53.7. The maximum absolute atomic E-state index is 15.6. The lowest BCUT2D eigenvalue weighted by Gasteiger charge is -2.55. The predicted octanol–water partition coefficient (Wildman–Crippen LogP) is 3.43. The van der Waals surface area contributed by atoms with Gasteiger partial charge < -0.3 is 29.9 Å². The fourth-order valence-electron chi connectivity index (χ4n) is 11.0. The van der Waals surface area contributed by atoms with Crippen LogP contribution in [-0.4, -0.2) is 97.1 Å². The number of benzene rings is 4. The van der Waals surface area contributed by atoms with Gasteiger partial charge in [-0.25, -0.2) is 22.8 Å². The molecule has 10 rings (SSSR count). The molecular weight excluding hydrogens is 930 g/mol. The third-order valence-electron chi connectivity index (χ3n) is 13.9. The zero-order chi connectivity index (χ0) is 50.7. The number of hydrogen-bond acceptors (Lipinski definition) is 12. The van der Waals surface area contributed by atoms with Crippen molar-refractivity contribution in [2.24, 2.45) is 10.8 Å². The molecular formula is C50H49F3N8O10. The minimum absolute atomic E-state index is 0.00372. The maximum atomic E-state index is 15.6. The number of nitrogens with one attached hydrogen (secondary N) is 6. The maximum Gasteiger partial charge on any atom is 0.328 e. The Bertz CT molecular complexity index is 2860. The summed E-state index contributed by atoms with van der Waals surface area (Å²) in [6, 6.07) is 15.9. The SMILES string of the molecule is C[C@@H]1CN2c3c(F)cc(C(=O)NCc4ccc(F)cc4)cc3CC3(C(=O)NC(=O)NC3=O)[C@H]2[C@H](C)O1.C[C@@H]1CN2c3ccc(C(=O)NCc4ccc(F)cc4)cc3CC3(C(=O)NC(=O)NC3=O)[C@H]2[C@H](C)O1. The lowest BCUT2D eigenvalue weighted by Crippen LogP contribution is -2.75. The predicted molar refractivity (Wildman–Crippen MR) is 246 cm³/mol. The van der Waals surface area contributed by atoms with Crippen LogP contribution in [0.3, 0.4) is 0 Å². The number of anilines is 2. The van der Waals surface area contributed by atoms with Gasteiger partial charge in [0.05, 0.1) is 42.2 Å². The molecule has 21 heteroatoms. The highest BCUT2D eigenvalue weighted by molar-refractivity contribution is 6.21. The number of ether oxygens (including phenoxy) is 2. The topological polar surface area (TPSA) is 234 Å². The van der Waals surface area contributed by atoms with Crippen molar-refractivity contribution < 1.29 is 61.0 Å². The molecule has 0 unspecified atom stereocenters. The molecule has 6 atom stereocenters. The molecule has 0 radical (unpaired) electrons. The van der Waals surface area contributed by atoms with E-state index in [1.165, 1.54) is 42.5 Å². The third-order valence-corrected chi connectivity index (χ3v) is 13.9. The molecule has 6 aliphatic rings. The molecule has 10 amide bonds. The monoisotopic (exact) mass is 978 g/mol. The van der Waals surface area contributed by atoms with Gasteiger partial charge >= 0.3 is 12.1 Å². The van der Waals surface area contributed by atoms with Crippen molar-refractivity contribution in [2.75, 3.05) is 22.9 Å². The number of hydrogen-bond donors (Lipinski definition) is 6. The molecule has 4 aromatic carbocycles. The summed E-state index contributed by atoms with van der Waals surface area (Å²) in [6.07, 6.45) is -1.80. The van der Waals surface area contributed by atoms with Crippen LogP contribution in [0.1, 0.15) is 70.7 Å². The number of nitrogens with zero attached hydrogens (tertiary/aromatic N) is 2. The lowest BCUT2D eigenvalue weighted by molar-refractivity contribution is -0.154. The van der Waals surface area contributed by atoms with Gasteiger partial charge in [-0.3, -0.25) is 50.0 Å². The van der Waals surface area contributed by atoms with Crippen molar-refractivity contribution in [1.82, 2.24) is 31.9 Å². The molecule has 6 heterocycles. The van der Waals surface area contributed by atoms with E-state index in [-0.39, 0.29) is 67.7 Å². The van der Waals surface area contributed by atoms with E-state index in [1.807, 2.05) is 24.8 Å². The highest BCUT2D eigenvalue weighted by Gasteiger charge is 2.64. The molecule has 4 fully saturated rings. The summed E-state index contributed by atoms with van der Waals surface area (Å²) in [5, 5.41) is 14.3. The van der Waals surface area contributed by atoms with Gasteiger partial charge in [0.15, 0.2) is 10.8 Å². The molecule has 4 aromatic rings. The second-order valence-corrected chi connectivity index (χ2v) is 18.7. The van der Waals surface area contributed by atoms with Gasteiger partial charge in [-0.15, -0.1) is 0 Å². The van der Waals surface area contributed by atoms with Gasteiger partial charge in [-0.2, -0.15) is 0 Å². The normalized spacial score (nSPS) is 24.7. The fraction of sp³-hybridized carbons (Fsp3) is 0.360. The summed E-state index contributed by atoms with van der Waals surface area (Å²) in [7, 11) is 0. The van der Waals surface area contributed by atoms with Gasteiger partial charge in [0.2, 0.25) is 23.6 Å². The Labute approximate surface area is 404 Å². The number of urea groups is 2. The highest BCUT2D eigenvalue weighted by Crippen LogP contribution is 2.49. The van der Waals surface area contributed by atoms with Crippen LogP contribution in [0.2, 0.25) is 0 Å². The fourth-order valence-corrected chi connectivity index (χ4v) is 11.0. The van der Waals surface area contributed by atoms with E-state index in [2.05, 4.69) is 31.9 Å². The quantitative estimate of drug-likeness (QED) is 0.153. The van der Waals surface area contributed by atoms with Crippen molar-refractivity contribution in [1.29, 1.82) is 0 Å². The first-order chi connectivity index (χ1) is 33.8. The molecule has 2 spiro atoms. The number of imide groups is 4. The van der Waals surface area contributed by atoms with Gasteiger partial charge in [0.1, 0.15) is 17.5 Å². The molecule has 0 aliphatic carbocycles. The summed E-state index contributed by atoms with van der Waals surface area (Å²) in [5.41, 5.74) is 0.356. The van der Waals surface area contributed by atoms with Gasteiger partial charge in [-0.1, -0.05) is 24.3 Å². The van der Waals surface area contributed by atoms with Crippen LogP contribution in [0.5, 0.6) is 0 Å². The van der Waals surface area contributed by atoms with Crippen LogP contribution in [0.4, 0.5) is 34.1 Å². The van der Waals surface area contributed by atoms with Crippen molar-refractivity contribution in [3.05, 3.63) is 130 Å². The van der Waals surface area contributed by atoms with Gasteiger partial charge in [0.25, 0.3) is 11.8 Å². The number of morpholine rings is 2. The third kappa shape index (κ3) is 8.72. The van der Waals surface area contributed by atoms with Crippen molar-refractivity contribution in [2.45, 2.75) is 90.1 Å². The zero-order valence-corrected chi connectivity index (χ0v) is 38.8. The second-order valence-electron chi connectivity index (χ2n) is 18.7. The second kappa shape index (κ2) is 18.6. The average molecular weight is 979 g/mol. The molecule has 18 nitrogen and oxygen atoms in total. The molecule has 0 bridgehead atoms. The Morgan fingerprint density at radius 3 is 1.49 bits per heavy atom. The number of fused-ring (bicyclic) bond motifs is 8. The Balaban J connectivity index is 0.000000176. The Morgan fingerprint density at radius 1 is 0.577 bits per heavy atom. The Kier molecular flexibility index (Phi) is 12.7. The van der Waals surface area contributed by atoms with Crippen LogP contribution < -0.4 is 41.7 Å². The van der Waals surface area contributed by atoms with E-state index >= 15 is 4.39 Å². The highest BCUT2D eigenvalue weighted by atomic mass is 19.1. The van der Waals surface area contributed by atoms with E-state index in [4.69, 9.17) is 9.47 Å². The van der Waals surface area contributed by atoms with E-state index < -0.39 is 88.4 Å². The van der Waals surface area contributed by atoms with E-state index in [0.29, 0.717) is 28.8 Å². The van der Waals surface area contributed by atoms with Crippen molar-refractivity contribution >= 4 is 58.9 Å². The van der Waals surface area contributed by atoms with Crippen LogP contribution in [-0.2, 0) is 54.6 Å². The average Bonchev–Trinajstić information content (AvgIpc) is 3.31. The lowest BCUT2D eigenvalue weighted by atomic mass is 9.66. The van der Waals surface area contributed by atoms with Crippen LogP contribution in [0, 0.1) is 28.3 Å². The number of rotatable bonds is 6. The molecule has 0 saturated carbocycles. The van der Waals surface area contributed by atoms with Crippen LogP contribution in [0.15, 0.2) is 78.9 Å². The summed E-state index contributed by atoms with van der Waals surface area (Å²) in [6.45, 7) is 8.17. The minimum Gasteiger partial charge on any atom is -0.372 e. The van der Waals surface area contributed by atoms with Gasteiger partial charge in [0, 0.05) is 49.4 Å². The first kappa shape index (κ1) is 48.4. The number of halogens is 3. The molecule has 71 heavy (non-hydrogen) atoms. The van der Waals surface area contributed by atoms with E-state index in [1.54, 1.807) is 43.0 Å². The smallest absolute Gasteiger partial charge is 0.328 e.